The third kappa shape index (κ3) is 5.58. The van der Waals surface area contributed by atoms with Crippen LogP contribution in [0.5, 0.6) is 5.75 Å². The summed E-state index contributed by atoms with van der Waals surface area (Å²) in [5, 5.41) is 8.87. The molecule has 3 aromatic carbocycles. The fraction of sp³-hybridized carbons (Fsp3) is 0.222. The standard InChI is InChI=1S/C27H25N3O3/c28-14-13-21-7-4-8-24(19-21)27(32)30-17-15-29(16-18-30)26(31)23-9-11-25(12-10-23)33-20-22-5-2-1-3-6-22/h1-12,19H,13,15-18,20H2. The average molecular weight is 440 g/mol. The van der Waals surface area contributed by atoms with Crippen LogP contribution in [0.25, 0.3) is 0 Å². The number of carbonyl (C=O) groups is 2. The van der Waals surface area contributed by atoms with Gasteiger partial charge in [-0.3, -0.25) is 9.59 Å². The van der Waals surface area contributed by atoms with Gasteiger partial charge in [0.25, 0.3) is 11.8 Å². The highest BCUT2D eigenvalue weighted by atomic mass is 16.5. The predicted octanol–water partition coefficient (Wildman–Crippen LogP) is 3.93. The first-order valence-corrected chi connectivity index (χ1v) is 11.0. The van der Waals surface area contributed by atoms with E-state index < -0.39 is 0 Å². The molecular formula is C27H25N3O3. The van der Waals surface area contributed by atoms with Crippen LogP contribution in [-0.4, -0.2) is 47.8 Å². The topological polar surface area (TPSA) is 73.6 Å². The summed E-state index contributed by atoms with van der Waals surface area (Å²) in [6.07, 6.45) is 0.277. The van der Waals surface area contributed by atoms with E-state index in [0.29, 0.717) is 49.7 Å². The van der Waals surface area contributed by atoms with Crippen molar-refractivity contribution in [2.75, 3.05) is 26.2 Å². The summed E-state index contributed by atoms with van der Waals surface area (Å²) in [5.74, 6) is 0.596. The summed E-state index contributed by atoms with van der Waals surface area (Å²) in [4.78, 5) is 29.3. The molecular weight excluding hydrogens is 414 g/mol. The maximum absolute atomic E-state index is 12.9. The van der Waals surface area contributed by atoms with E-state index >= 15 is 0 Å². The Morgan fingerprint density at radius 1 is 0.758 bits per heavy atom. The van der Waals surface area contributed by atoms with E-state index in [1.54, 1.807) is 40.1 Å². The zero-order chi connectivity index (χ0) is 23.0. The Balaban J connectivity index is 1.30. The van der Waals surface area contributed by atoms with E-state index in [1.165, 1.54) is 0 Å². The van der Waals surface area contributed by atoms with Crippen molar-refractivity contribution < 1.29 is 14.3 Å². The van der Waals surface area contributed by atoms with Gasteiger partial charge in [-0.2, -0.15) is 5.26 Å². The number of hydrogen-bond donors (Lipinski definition) is 0. The van der Waals surface area contributed by atoms with Crippen LogP contribution in [-0.2, 0) is 13.0 Å². The van der Waals surface area contributed by atoms with Gasteiger partial charge in [-0.05, 0) is 47.5 Å². The third-order valence-electron chi connectivity index (χ3n) is 5.66. The molecule has 1 aliphatic rings. The zero-order valence-electron chi connectivity index (χ0n) is 18.3. The van der Waals surface area contributed by atoms with E-state index in [9.17, 15) is 9.59 Å². The summed E-state index contributed by atoms with van der Waals surface area (Å²) in [6.45, 7) is 2.39. The summed E-state index contributed by atoms with van der Waals surface area (Å²) in [7, 11) is 0. The van der Waals surface area contributed by atoms with Gasteiger partial charge < -0.3 is 14.5 Å². The van der Waals surface area contributed by atoms with Gasteiger partial charge in [0.15, 0.2) is 0 Å². The molecule has 0 N–H and O–H groups in total. The monoisotopic (exact) mass is 439 g/mol. The lowest BCUT2D eigenvalue weighted by molar-refractivity contribution is 0.0535. The highest BCUT2D eigenvalue weighted by Gasteiger charge is 2.25. The first-order chi connectivity index (χ1) is 16.1. The van der Waals surface area contributed by atoms with Gasteiger partial charge in [0, 0.05) is 37.3 Å². The van der Waals surface area contributed by atoms with Crippen molar-refractivity contribution in [3.63, 3.8) is 0 Å². The van der Waals surface area contributed by atoms with E-state index in [1.807, 2.05) is 48.5 Å². The first-order valence-electron chi connectivity index (χ1n) is 11.0. The normalized spacial score (nSPS) is 13.3. The second kappa shape index (κ2) is 10.5. The summed E-state index contributed by atoms with van der Waals surface area (Å²) in [6, 6.07) is 26.4. The van der Waals surface area contributed by atoms with E-state index in [0.717, 1.165) is 11.1 Å². The fourth-order valence-corrected chi connectivity index (χ4v) is 3.82. The van der Waals surface area contributed by atoms with Gasteiger partial charge in [0.2, 0.25) is 0 Å². The van der Waals surface area contributed by atoms with E-state index in [2.05, 4.69) is 6.07 Å². The van der Waals surface area contributed by atoms with Crippen molar-refractivity contribution >= 4 is 11.8 Å². The fourth-order valence-electron chi connectivity index (χ4n) is 3.82. The predicted molar refractivity (Wildman–Crippen MR) is 125 cm³/mol. The highest BCUT2D eigenvalue weighted by Crippen LogP contribution is 2.17. The van der Waals surface area contributed by atoms with Gasteiger partial charge >= 0.3 is 0 Å². The van der Waals surface area contributed by atoms with Crippen LogP contribution in [0.3, 0.4) is 0 Å². The number of carbonyl (C=O) groups excluding carboxylic acids is 2. The molecule has 166 valence electrons. The van der Waals surface area contributed by atoms with E-state index in [-0.39, 0.29) is 18.2 Å². The summed E-state index contributed by atoms with van der Waals surface area (Å²) in [5.41, 5.74) is 3.09. The molecule has 0 radical (unpaired) electrons. The van der Waals surface area contributed by atoms with Gasteiger partial charge in [-0.1, -0.05) is 42.5 Å². The molecule has 1 saturated heterocycles. The van der Waals surface area contributed by atoms with Crippen molar-refractivity contribution in [2.24, 2.45) is 0 Å². The number of rotatable bonds is 6. The summed E-state index contributed by atoms with van der Waals surface area (Å²) >= 11 is 0. The molecule has 33 heavy (non-hydrogen) atoms. The molecule has 0 spiro atoms. The minimum Gasteiger partial charge on any atom is -0.489 e. The highest BCUT2D eigenvalue weighted by molar-refractivity contribution is 5.96. The first kappa shape index (κ1) is 22.1. The smallest absolute Gasteiger partial charge is 0.253 e. The maximum Gasteiger partial charge on any atom is 0.253 e. The molecule has 0 unspecified atom stereocenters. The molecule has 4 rings (SSSR count). The molecule has 0 saturated carbocycles. The van der Waals surface area contributed by atoms with Crippen molar-refractivity contribution in [1.29, 1.82) is 5.26 Å². The number of nitrogens with zero attached hydrogens (tertiary/aromatic N) is 3. The Labute approximate surface area is 193 Å². The number of nitriles is 1. The van der Waals surface area contributed by atoms with Crippen molar-refractivity contribution in [3.8, 4) is 11.8 Å². The minimum absolute atomic E-state index is 0.0484. The van der Waals surface area contributed by atoms with Crippen LogP contribution in [0.2, 0.25) is 0 Å². The number of piperazine rings is 1. The van der Waals surface area contributed by atoms with Gasteiger partial charge in [-0.25, -0.2) is 0 Å². The van der Waals surface area contributed by atoms with Gasteiger partial charge in [0.05, 0.1) is 12.5 Å². The molecule has 1 heterocycles. The van der Waals surface area contributed by atoms with Crippen LogP contribution in [0.1, 0.15) is 31.8 Å². The largest absolute Gasteiger partial charge is 0.489 e. The molecule has 0 atom stereocenters. The molecule has 6 heteroatoms. The third-order valence-corrected chi connectivity index (χ3v) is 5.66. The lowest BCUT2D eigenvalue weighted by Gasteiger charge is -2.35. The van der Waals surface area contributed by atoms with Crippen LogP contribution in [0, 0.1) is 11.3 Å². The van der Waals surface area contributed by atoms with Crippen LogP contribution >= 0.6 is 0 Å². The molecule has 1 fully saturated rings. The van der Waals surface area contributed by atoms with Gasteiger partial charge in [-0.15, -0.1) is 0 Å². The second-order valence-electron chi connectivity index (χ2n) is 7.92. The Bertz CT molecular complexity index is 1150. The zero-order valence-corrected chi connectivity index (χ0v) is 18.3. The Hall–Kier alpha value is -4.11. The van der Waals surface area contributed by atoms with Crippen molar-refractivity contribution in [3.05, 3.63) is 101 Å². The molecule has 0 aromatic heterocycles. The quantitative estimate of drug-likeness (QED) is 0.583. The van der Waals surface area contributed by atoms with Crippen LogP contribution in [0.4, 0.5) is 0 Å². The Kier molecular flexibility index (Phi) is 7.01. The second-order valence-corrected chi connectivity index (χ2v) is 7.92. The molecule has 0 aliphatic carbocycles. The lowest BCUT2D eigenvalue weighted by atomic mass is 10.1. The number of ether oxygens (including phenoxy) is 1. The van der Waals surface area contributed by atoms with E-state index in [4.69, 9.17) is 10.00 Å². The van der Waals surface area contributed by atoms with Crippen molar-refractivity contribution in [2.45, 2.75) is 13.0 Å². The number of hydrogen-bond acceptors (Lipinski definition) is 4. The SMILES string of the molecule is N#CCc1cccc(C(=O)N2CCN(C(=O)c3ccc(OCc4ccccc4)cc3)CC2)c1. The molecule has 1 aliphatic heterocycles. The molecule has 2 amide bonds. The number of amides is 2. The number of benzene rings is 3. The summed E-state index contributed by atoms with van der Waals surface area (Å²) < 4.78 is 5.79. The Morgan fingerprint density at radius 2 is 1.36 bits per heavy atom. The van der Waals surface area contributed by atoms with Crippen LogP contribution in [0.15, 0.2) is 78.9 Å². The lowest BCUT2D eigenvalue weighted by Crippen LogP contribution is -2.50. The maximum atomic E-state index is 12.9. The minimum atomic E-state index is -0.0678. The van der Waals surface area contributed by atoms with Gasteiger partial charge in [0.1, 0.15) is 12.4 Å². The Morgan fingerprint density at radius 3 is 2.00 bits per heavy atom. The molecule has 6 nitrogen and oxygen atoms in total. The van der Waals surface area contributed by atoms with Crippen LogP contribution < -0.4 is 4.74 Å². The average Bonchev–Trinajstić information content (AvgIpc) is 2.88. The molecule has 0 bridgehead atoms. The van der Waals surface area contributed by atoms with Crippen molar-refractivity contribution in [1.82, 2.24) is 9.80 Å². The molecule has 3 aromatic rings.